The summed E-state index contributed by atoms with van der Waals surface area (Å²) in [5.74, 6) is -4.45. The Labute approximate surface area is 80.5 Å². The molecule has 1 atom stereocenters. The minimum absolute atomic E-state index is 0.0551. The highest BCUT2D eigenvalue weighted by Gasteiger charge is 2.28. The van der Waals surface area contributed by atoms with Gasteiger partial charge in [0.05, 0.1) is 6.61 Å². The van der Waals surface area contributed by atoms with E-state index in [2.05, 4.69) is 4.74 Å². The van der Waals surface area contributed by atoms with Crippen LogP contribution >= 0.6 is 0 Å². The van der Waals surface area contributed by atoms with Crippen LogP contribution in [0.1, 0.15) is 13.8 Å². The Morgan fingerprint density at radius 3 is 2.36 bits per heavy atom. The van der Waals surface area contributed by atoms with E-state index < -0.39 is 27.8 Å². The third-order valence-corrected chi connectivity index (χ3v) is 2.37. The third kappa shape index (κ3) is 3.97. The Kier molecular flexibility index (Phi) is 4.92. The zero-order valence-corrected chi connectivity index (χ0v) is 8.48. The quantitative estimate of drug-likeness (QED) is 0.680. The maximum atomic E-state index is 11.8. The van der Waals surface area contributed by atoms with E-state index in [0.29, 0.717) is 0 Å². The van der Waals surface area contributed by atoms with Gasteiger partial charge in [-0.2, -0.15) is 13.5 Å². The molecular formula is C6H11F2NO4S. The van der Waals surface area contributed by atoms with Crippen molar-refractivity contribution in [3.63, 3.8) is 0 Å². The fraction of sp³-hybridized carbons (Fsp3) is 0.833. The molecule has 0 aliphatic heterocycles. The second kappa shape index (κ2) is 5.20. The average Bonchev–Trinajstić information content (AvgIpc) is 2.03. The first-order chi connectivity index (χ1) is 6.31. The van der Waals surface area contributed by atoms with Crippen LogP contribution in [0.3, 0.4) is 0 Å². The molecule has 0 heterocycles. The predicted octanol–water partition coefficient (Wildman–Crippen LogP) is 0.0800. The Balaban J connectivity index is 4.33. The van der Waals surface area contributed by atoms with E-state index in [1.54, 1.807) is 0 Å². The molecule has 0 aromatic rings. The largest absolute Gasteiger partial charge is 0.465 e. The van der Waals surface area contributed by atoms with Gasteiger partial charge in [0.15, 0.2) is 0 Å². The van der Waals surface area contributed by atoms with Gasteiger partial charge in [-0.3, -0.25) is 4.79 Å². The summed E-state index contributed by atoms with van der Waals surface area (Å²) >= 11 is 0. The van der Waals surface area contributed by atoms with E-state index in [-0.39, 0.29) is 6.61 Å². The molecule has 0 aromatic heterocycles. The highest BCUT2D eigenvalue weighted by Crippen LogP contribution is 2.03. The summed E-state index contributed by atoms with van der Waals surface area (Å²) in [6.07, 6.45) is 0. The minimum Gasteiger partial charge on any atom is -0.465 e. The van der Waals surface area contributed by atoms with Crippen LogP contribution in [0.5, 0.6) is 0 Å². The molecule has 14 heavy (non-hydrogen) atoms. The van der Waals surface area contributed by atoms with Crippen LogP contribution in [0.4, 0.5) is 8.78 Å². The van der Waals surface area contributed by atoms with Gasteiger partial charge in [-0.1, -0.05) is 0 Å². The van der Waals surface area contributed by atoms with E-state index in [1.807, 2.05) is 0 Å². The molecule has 0 saturated carbocycles. The van der Waals surface area contributed by atoms with E-state index in [1.165, 1.54) is 11.6 Å². The molecule has 0 amide bonds. The maximum absolute atomic E-state index is 11.8. The molecule has 0 spiro atoms. The van der Waals surface area contributed by atoms with Gasteiger partial charge in [0.2, 0.25) is 0 Å². The van der Waals surface area contributed by atoms with Gasteiger partial charge in [-0.15, -0.1) is 0 Å². The Bertz CT molecular complexity index is 290. The van der Waals surface area contributed by atoms with Crippen LogP contribution in [0.2, 0.25) is 0 Å². The van der Waals surface area contributed by atoms with Crippen molar-refractivity contribution >= 4 is 16.0 Å². The lowest BCUT2D eigenvalue weighted by molar-refractivity contribution is -0.144. The monoisotopic (exact) mass is 231 g/mol. The van der Waals surface area contributed by atoms with Gasteiger partial charge < -0.3 is 4.74 Å². The summed E-state index contributed by atoms with van der Waals surface area (Å²) in [6, 6.07) is -1.31. The number of carbonyl (C=O) groups is 1. The van der Waals surface area contributed by atoms with Crippen molar-refractivity contribution in [1.29, 1.82) is 0 Å². The van der Waals surface area contributed by atoms with Crippen molar-refractivity contribution in [2.75, 3.05) is 6.61 Å². The number of ether oxygens (including phenoxy) is 1. The molecule has 0 aromatic carbocycles. The molecule has 5 nitrogen and oxygen atoms in total. The molecule has 0 fully saturated rings. The number of carbonyl (C=O) groups excluding carboxylic acids is 1. The number of esters is 1. The first-order valence-corrected chi connectivity index (χ1v) is 5.31. The van der Waals surface area contributed by atoms with Crippen LogP contribution in [0.15, 0.2) is 0 Å². The first kappa shape index (κ1) is 13.2. The van der Waals surface area contributed by atoms with Gasteiger partial charge in [-0.25, -0.2) is 8.42 Å². The highest BCUT2D eigenvalue weighted by molar-refractivity contribution is 7.89. The molecule has 0 aliphatic rings. The Morgan fingerprint density at radius 1 is 1.50 bits per heavy atom. The van der Waals surface area contributed by atoms with E-state index in [9.17, 15) is 22.0 Å². The van der Waals surface area contributed by atoms with Crippen LogP contribution < -0.4 is 4.72 Å². The summed E-state index contributed by atoms with van der Waals surface area (Å²) < 4.78 is 50.7. The standard InChI is InChI=1S/C6H11F2NO4S/c1-3-13-5(10)4(2)9-14(11,12)6(7)8/h4,6,9H,3H2,1-2H3. The SMILES string of the molecule is CCOC(=O)C(C)NS(=O)(=O)C(F)F. The zero-order valence-electron chi connectivity index (χ0n) is 7.66. The second-order valence-corrected chi connectivity index (χ2v) is 4.08. The molecule has 0 radical (unpaired) electrons. The van der Waals surface area contributed by atoms with Gasteiger partial charge in [0.1, 0.15) is 6.04 Å². The summed E-state index contributed by atoms with van der Waals surface area (Å²) in [5, 5.41) is 0. The summed E-state index contributed by atoms with van der Waals surface area (Å²) in [4.78, 5) is 10.8. The molecule has 0 bridgehead atoms. The molecule has 1 N–H and O–H groups in total. The lowest BCUT2D eigenvalue weighted by Crippen LogP contribution is -2.42. The zero-order chi connectivity index (χ0) is 11.4. The topological polar surface area (TPSA) is 72.5 Å². The summed E-state index contributed by atoms with van der Waals surface area (Å²) in [7, 11) is -4.74. The Hall–Kier alpha value is -0.760. The molecule has 0 rings (SSSR count). The Morgan fingerprint density at radius 2 is 2.00 bits per heavy atom. The number of nitrogens with one attached hydrogen (secondary N) is 1. The smallest absolute Gasteiger partial charge is 0.350 e. The number of hydrogen-bond acceptors (Lipinski definition) is 4. The second-order valence-electron chi connectivity index (χ2n) is 2.40. The number of hydrogen-bond donors (Lipinski definition) is 1. The van der Waals surface area contributed by atoms with E-state index in [0.717, 1.165) is 6.92 Å². The first-order valence-electron chi connectivity index (χ1n) is 3.77. The summed E-state index contributed by atoms with van der Waals surface area (Å²) in [6.45, 7) is 2.70. The maximum Gasteiger partial charge on any atom is 0.350 e. The van der Waals surface area contributed by atoms with Gasteiger partial charge >= 0.3 is 11.7 Å². The van der Waals surface area contributed by atoms with Crippen LogP contribution in [-0.4, -0.2) is 32.8 Å². The minimum atomic E-state index is -4.74. The van der Waals surface area contributed by atoms with Crippen LogP contribution in [0, 0.1) is 0 Å². The van der Waals surface area contributed by atoms with Gasteiger partial charge in [0.25, 0.3) is 10.0 Å². The van der Waals surface area contributed by atoms with Gasteiger partial charge in [-0.05, 0) is 13.8 Å². The molecular weight excluding hydrogens is 220 g/mol. The number of sulfonamides is 1. The average molecular weight is 231 g/mol. The van der Waals surface area contributed by atoms with Crippen molar-refractivity contribution in [3.05, 3.63) is 0 Å². The van der Waals surface area contributed by atoms with E-state index in [4.69, 9.17) is 0 Å². The van der Waals surface area contributed by atoms with Gasteiger partial charge in [0, 0.05) is 0 Å². The third-order valence-electron chi connectivity index (χ3n) is 1.22. The highest BCUT2D eigenvalue weighted by atomic mass is 32.2. The van der Waals surface area contributed by atoms with Crippen LogP contribution in [0.25, 0.3) is 0 Å². The predicted molar refractivity (Wildman–Crippen MR) is 44.2 cm³/mol. The van der Waals surface area contributed by atoms with Crippen molar-refractivity contribution < 1.29 is 26.7 Å². The number of alkyl halides is 2. The van der Waals surface area contributed by atoms with Crippen LogP contribution in [-0.2, 0) is 19.6 Å². The number of rotatable bonds is 5. The van der Waals surface area contributed by atoms with E-state index >= 15 is 0 Å². The molecule has 1 unspecified atom stereocenters. The molecule has 0 saturated heterocycles. The normalized spacial score (nSPS) is 14.1. The summed E-state index contributed by atoms with van der Waals surface area (Å²) in [5.41, 5.74) is 0. The molecule has 84 valence electrons. The fourth-order valence-corrected chi connectivity index (χ4v) is 1.31. The lowest BCUT2D eigenvalue weighted by atomic mass is 10.4. The lowest BCUT2D eigenvalue weighted by Gasteiger charge is -2.11. The van der Waals surface area contributed by atoms with Crippen molar-refractivity contribution in [3.8, 4) is 0 Å². The fourth-order valence-electron chi connectivity index (χ4n) is 0.613. The number of halogens is 2. The molecule has 8 heteroatoms. The van der Waals surface area contributed by atoms with Crippen molar-refractivity contribution in [2.45, 2.75) is 25.6 Å². The van der Waals surface area contributed by atoms with Crippen molar-refractivity contribution in [2.24, 2.45) is 0 Å². The van der Waals surface area contributed by atoms with Crippen molar-refractivity contribution in [1.82, 2.24) is 4.72 Å². The molecule has 0 aliphatic carbocycles.